The van der Waals surface area contributed by atoms with Gasteiger partial charge in [0, 0.05) is 13.0 Å². The van der Waals surface area contributed by atoms with E-state index in [1.807, 2.05) is 19.1 Å². The molecule has 0 bridgehead atoms. The summed E-state index contributed by atoms with van der Waals surface area (Å²) in [7, 11) is 0. The zero-order valence-corrected chi connectivity index (χ0v) is 6.96. The minimum absolute atomic E-state index is 0.196. The molecule has 0 aromatic carbocycles. The van der Waals surface area contributed by atoms with Crippen LogP contribution in [0.5, 0.6) is 0 Å². The summed E-state index contributed by atoms with van der Waals surface area (Å²) in [6.07, 6.45) is 0.615. The highest BCUT2D eigenvalue weighted by atomic mass is 16.3. The topological polar surface area (TPSA) is 42.2 Å². The van der Waals surface area contributed by atoms with Crippen LogP contribution < -0.4 is 5.32 Å². The van der Waals surface area contributed by atoms with Crippen molar-refractivity contribution in [3.05, 3.63) is 23.7 Å². The highest BCUT2D eigenvalue weighted by molar-refractivity contribution is 5.86. The number of aryl methyl sites for hydroxylation is 1. The smallest absolute Gasteiger partial charge is 0.158 e. The van der Waals surface area contributed by atoms with E-state index in [-0.39, 0.29) is 11.8 Å². The molecule has 3 nitrogen and oxygen atoms in total. The lowest BCUT2D eigenvalue weighted by Gasteiger charge is -2.03. The van der Waals surface area contributed by atoms with Crippen LogP contribution >= 0.6 is 0 Å². The first-order chi connectivity index (χ1) is 5.77. The SMILES string of the molecule is Cc1ccc(C2NCCC2=O)o1. The Balaban J connectivity index is 2.24. The Bertz CT molecular complexity index is 303. The molecule has 2 rings (SSSR count). The second kappa shape index (κ2) is 2.75. The van der Waals surface area contributed by atoms with Crippen molar-refractivity contribution in [1.82, 2.24) is 5.32 Å². The number of furan rings is 1. The fraction of sp³-hybridized carbons (Fsp3) is 0.444. The lowest BCUT2D eigenvalue weighted by Crippen LogP contribution is -2.16. The van der Waals surface area contributed by atoms with Crippen molar-refractivity contribution in [2.45, 2.75) is 19.4 Å². The van der Waals surface area contributed by atoms with Crippen LogP contribution in [-0.2, 0) is 4.79 Å². The van der Waals surface area contributed by atoms with Gasteiger partial charge in [-0.3, -0.25) is 4.79 Å². The van der Waals surface area contributed by atoms with Gasteiger partial charge in [0.25, 0.3) is 0 Å². The standard InChI is InChI=1S/C9H11NO2/c1-6-2-3-8(12-6)9-7(11)4-5-10-9/h2-3,9-10H,4-5H2,1H3. The molecule has 64 valence electrons. The molecule has 1 saturated heterocycles. The highest BCUT2D eigenvalue weighted by Gasteiger charge is 2.27. The molecule has 1 aromatic heterocycles. The second-order valence-electron chi connectivity index (χ2n) is 3.05. The molecular weight excluding hydrogens is 154 g/mol. The van der Waals surface area contributed by atoms with E-state index in [2.05, 4.69) is 5.32 Å². The van der Waals surface area contributed by atoms with Gasteiger partial charge in [-0.05, 0) is 19.1 Å². The van der Waals surface area contributed by atoms with Gasteiger partial charge >= 0.3 is 0 Å². The summed E-state index contributed by atoms with van der Waals surface area (Å²) in [4.78, 5) is 11.3. The summed E-state index contributed by atoms with van der Waals surface area (Å²) in [6.45, 7) is 2.65. The average molecular weight is 165 g/mol. The summed E-state index contributed by atoms with van der Waals surface area (Å²) in [5.41, 5.74) is 0. The van der Waals surface area contributed by atoms with Gasteiger partial charge in [0.1, 0.15) is 17.6 Å². The summed E-state index contributed by atoms with van der Waals surface area (Å²) >= 11 is 0. The summed E-state index contributed by atoms with van der Waals surface area (Å²) in [5, 5.41) is 3.09. The second-order valence-corrected chi connectivity index (χ2v) is 3.05. The highest BCUT2D eigenvalue weighted by Crippen LogP contribution is 2.21. The first kappa shape index (κ1) is 7.55. The van der Waals surface area contributed by atoms with E-state index in [0.717, 1.165) is 18.1 Å². The third-order valence-electron chi connectivity index (χ3n) is 2.09. The van der Waals surface area contributed by atoms with Gasteiger partial charge in [0.15, 0.2) is 5.78 Å². The third kappa shape index (κ3) is 1.16. The predicted molar refractivity (Wildman–Crippen MR) is 43.8 cm³/mol. The molecule has 0 spiro atoms. The molecule has 3 heteroatoms. The Labute approximate surface area is 70.8 Å². The van der Waals surface area contributed by atoms with E-state index in [1.165, 1.54) is 0 Å². The van der Waals surface area contributed by atoms with Crippen LogP contribution in [0.15, 0.2) is 16.5 Å². The van der Waals surface area contributed by atoms with Crippen molar-refractivity contribution in [1.29, 1.82) is 0 Å². The van der Waals surface area contributed by atoms with Crippen LogP contribution in [-0.4, -0.2) is 12.3 Å². The number of hydrogen-bond acceptors (Lipinski definition) is 3. The molecule has 0 saturated carbocycles. The molecule has 12 heavy (non-hydrogen) atoms. The normalized spacial score (nSPS) is 23.4. The number of carbonyl (C=O) groups is 1. The number of hydrogen-bond donors (Lipinski definition) is 1. The van der Waals surface area contributed by atoms with Crippen LogP contribution in [0.4, 0.5) is 0 Å². The molecule has 1 aliphatic heterocycles. The van der Waals surface area contributed by atoms with Crippen LogP contribution in [0.2, 0.25) is 0 Å². The average Bonchev–Trinajstić information content (AvgIpc) is 2.58. The lowest BCUT2D eigenvalue weighted by atomic mass is 10.1. The zero-order valence-electron chi connectivity index (χ0n) is 6.96. The van der Waals surface area contributed by atoms with Crippen molar-refractivity contribution in [3.63, 3.8) is 0 Å². The Morgan fingerprint density at radius 3 is 2.92 bits per heavy atom. The lowest BCUT2D eigenvalue weighted by molar-refractivity contribution is -0.119. The first-order valence-electron chi connectivity index (χ1n) is 4.10. The van der Waals surface area contributed by atoms with Crippen molar-refractivity contribution >= 4 is 5.78 Å². The van der Waals surface area contributed by atoms with Gasteiger partial charge < -0.3 is 9.73 Å². The van der Waals surface area contributed by atoms with Crippen molar-refractivity contribution in [2.24, 2.45) is 0 Å². The Morgan fingerprint density at radius 2 is 2.42 bits per heavy atom. The van der Waals surface area contributed by atoms with Gasteiger partial charge in [-0.2, -0.15) is 0 Å². The Hall–Kier alpha value is -1.09. The molecule has 1 atom stereocenters. The molecule has 0 radical (unpaired) electrons. The summed E-state index contributed by atoms with van der Waals surface area (Å²) in [5.74, 6) is 1.82. The van der Waals surface area contributed by atoms with Gasteiger partial charge in [0.2, 0.25) is 0 Å². The minimum Gasteiger partial charge on any atom is -0.464 e. The fourth-order valence-electron chi connectivity index (χ4n) is 1.47. The van der Waals surface area contributed by atoms with Crippen LogP contribution in [0.25, 0.3) is 0 Å². The quantitative estimate of drug-likeness (QED) is 0.679. The molecule has 1 aromatic rings. The first-order valence-corrected chi connectivity index (χ1v) is 4.10. The van der Waals surface area contributed by atoms with E-state index >= 15 is 0 Å². The number of nitrogens with one attached hydrogen (secondary N) is 1. The van der Waals surface area contributed by atoms with Crippen molar-refractivity contribution in [3.8, 4) is 0 Å². The maximum Gasteiger partial charge on any atom is 0.158 e. The number of Topliss-reactive ketones (excluding diaryl/α,β-unsaturated/α-hetero) is 1. The molecule has 2 heterocycles. The molecule has 1 unspecified atom stereocenters. The molecule has 1 fully saturated rings. The third-order valence-corrected chi connectivity index (χ3v) is 2.09. The van der Waals surface area contributed by atoms with E-state index in [0.29, 0.717) is 6.42 Å². The monoisotopic (exact) mass is 165 g/mol. The summed E-state index contributed by atoms with van der Waals surface area (Å²) < 4.78 is 5.35. The number of carbonyl (C=O) groups excluding carboxylic acids is 1. The van der Waals surface area contributed by atoms with Gasteiger partial charge in [-0.15, -0.1) is 0 Å². The molecular formula is C9H11NO2. The van der Waals surface area contributed by atoms with Gasteiger partial charge in [-0.1, -0.05) is 0 Å². The maximum absolute atomic E-state index is 11.3. The number of ketones is 1. The number of rotatable bonds is 1. The van der Waals surface area contributed by atoms with E-state index in [1.54, 1.807) is 0 Å². The largest absolute Gasteiger partial charge is 0.464 e. The Kier molecular flexibility index (Phi) is 1.73. The Morgan fingerprint density at radius 1 is 1.58 bits per heavy atom. The maximum atomic E-state index is 11.3. The molecule has 0 amide bonds. The van der Waals surface area contributed by atoms with Crippen molar-refractivity contribution < 1.29 is 9.21 Å². The van der Waals surface area contributed by atoms with E-state index < -0.39 is 0 Å². The molecule has 1 N–H and O–H groups in total. The van der Waals surface area contributed by atoms with E-state index in [9.17, 15) is 4.79 Å². The zero-order chi connectivity index (χ0) is 8.55. The summed E-state index contributed by atoms with van der Waals surface area (Å²) in [6, 6.07) is 3.54. The van der Waals surface area contributed by atoms with Gasteiger partial charge in [0.05, 0.1) is 0 Å². The molecule has 0 aliphatic carbocycles. The predicted octanol–water partition coefficient (Wildman–Crippen LogP) is 1.19. The van der Waals surface area contributed by atoms with Crippen LogP contribution in [0.3, 0.4) is 0 Å². The van der Waals surface area contributed by atoms with Gasteiger partial charge in [-0.25, -0.2) is 0 Å². The molecule has 1 aliphatic rings. The van der Waals surface area contributed by atoms with Crippen molar-refractivity contribution in [2.75, 3.05) is 6.54 Å². The minimum atomic E-state index is -0.196. The van der Waals surface area contributed by atoms with E-state index in [4.69, 9.17) is 4.42 Å². The van der Waals surface area contributed by atoms with Crippen LogP contribution in [0.1, 0.15) is 24.0 Å². The van der Waals surface area contributed by atoms with Crippen LogP contribution in [0, 0.1) is 6.92 Å². The fourth-order valence-corrected chi connectivity index (χ4v) is 1.47.